The minimum Gasteiger partial charge on any atom is -0.491 e. The number of allylic oxidation sites excluding steroid dienone is 1. The van der Waals surface area contributed by atoms with Gasteiger partial charge in [-0.3, -0.25) is 9.36 Å². The van der Waals surface area contributed by atoms with Crippen molar-refractivity contribution in [2.24, 2.45) is 4.99 Å². The van der Waals surface area contributed by atoms with E-state index >= 15 is 0 Å². The maximum Gasteiger partial charge on any atom is 0.338 e. The maximum atomic E-state index is 14.2. The molecular formula is C36H37IN2O6S. The van der Waals surface area contributed by atoms with Gasteiger partial charge in [0.1, 0.15) is 18.4 Å². The Morgan fingerprint density at radius 3 is 2.52 bits per heavy atom. The first-order chi connectivity index (χ1) is 22.1. The molecule has 5 rings (SSSR count). The van der Waals surface area contributed by atoms with Crippen molar-refractivity contribution in [2.75, 3.05) is 13.2 Å². The van der Waals surface area contributed by atoms with Crippen LogP contribution in [-0.4, -0.2) is 29.9 Å². The Hall–Kier alpha value is -3.90. The van der Waals surface area contributed by atoms with Gasteiger partial charge in [-0.1, -0.05) is 59.4 Å². The Labute approximate surface area is 286 Å². The predicted molar refractivity (Wildman–Crippen MR) is 188 cm³/mol. The molecule has 2 heterocycles. The van der Waals surface area contributed by atoms with Gasteiger partial charge in [0.2, 0.25) is 0 Å². The number of halogens is 1. The summed E-state index contributed by atoms with van der Waals surface area (Å²) >= 11 is 3.51. The molecule has 0 amide bonds. The summed E-state index contributed by atoms with van der Waals surface area (Å²) in [6.45, 7) is 12.4. The highest BCUT2D eigenvalue weighted by molar-refractivity contribution is 14.1. The summed E-state index contributed by atoms with van der Waals surface area (Å²) in [7, 11) is 0. The van der Waals surface area contributed by atoms with Gasteiger partial charge in [-0.2, -0.15) is 0 Å². The summed E-state index contributed by atoms with van der Waals surface area (Å²) in [4.78, 5) is 32.8. The van der Waals surface area contributed by atoms with Gasteiger partial charge in [0.25, 0.3) is 5.56 Å². The first kappa shape index (κ1) is 33.5. The number of hydrogen-bond acceptors (Lipinski definition) is 8. The second kappa shape index (κ2) is 14.7. The number of aryl methyl sites for hydroxylation is 1. The molecule has 8 nitrogen and oxygen atoms in total. The lowest BCUT2D eigenvalue weighted by atomic mass is 9.95. The number of benzene rings is 3. The molecule has 0 aliphatic carbocycles. The van der Waals surface area contributed by atoms with E-state index in [-0.39, 0.29) is 18.3 Å². The van der Waals surface area contributed by atoms with E-state index in [1.165, 1.54) is 16.9 Å². The van der Waals surface area contributed by atoms with E-state index in [1.54, 1.807) is 18.4 Å². The number of thiazole rings is 1. The molecule has 0 spiro atoms. The molecule has 1 aliphatic rings. The van der Waals surface area contributed by atoms with E-state index in [2.05, 4.69) is 41.6 Å². The van der Waals surface area contributed by atoms with E-state index < -0.39 is 12.0 Å². The van der Waals surface area contributed by atoms with Crippen molar-refractivity contribution < 1.29 is 23.7 Å². The molecule has 0 unspecified atom stereocenters. The van der Waals surface area contributed by atoms with Crippen LogP contribution in [-0.2, 0) is 16.1 Å². The monoisotopic (exact) mass is 752 g/mol. The van der Waals surface area contributed by atoms with Crippen molar-refractivity contribution in [3.05, 3.63) is 117 Å². The molecule has 0 bridgehead atoms. The maximum absolute atomic E-state index is 14.2. The number of ether oxygens (including phenoxy) is 4. The normalized spacial score (nSPS) is 14.6. The molecular weight excluding hydrogens is 715 g/mol. The molecule has 1 aliphatic heterocycles. The van der Waals surface area contributed by atoms with Gasteiger partial charge in [-0.15, -0.1) is 0 Å². The van der Waals surface area contributed by atoms with Crippen LogP contribution < -0.4 is 29.1 Å². The summed E-state index contributed by atoms with van der Waals surface area (Å²) in [6.07, 6.45) is 1.72. The van der Waals surface area contributed by atoms with Gasteiger partial charge in [-0.25, -0.2) is 9.79 Å². The van der Waals surface area contributed by atoms with Crippen molar-refractivity contribution >= 4 is 46.0 Å². The van der Waals surface area contributed by atoms with Crippen molar-refractivity contribution in [3.63, 3.8) is 0 Å². The Kier molecular flexibility index (Phi) is 10.7. The second-order valence-corrected chi connectivity index (χ2v) is 13.2. The fourth-order valence-corrected chi connectivity index (χ4v) is 7.16. The molecule has 4 aromatic rings. The Morgan fingerprint density at radius 2 is 1.80 bits per heavy atom. The molecule has 0 radical (unpaired) electrons. The lowest BCUT2D eigenvalue weighted by Gasteiger charge is -2.26. The minimum atomic E-state index is -0.774. The fourth-order valence-electron chi connectivity index (χ4n) is 5.34. The van der Waals surface area contributed by atoms with E-state index in [9.17, 15) is 9.59 Å². The van der Waals surface area contributed by atoms with Crippen LogP contribution in [0.5, 0.6) is 17.2 Å². The highest BCUT2D eigenvalue weighted by Gasteiger charge is 2.35. The van der Waals surface area contributed by atoms with E-state index in [0.717, 1.165) is 14.7 Å². The molecule has 1 atom stereocenters. The molecule has 0 saturated carbocycles. The van der Waals surface area contributed by atoms with Gasteiger partial charge in [0, 0.05) is 5.56 Å². The predicted octanol–water partition coefficient (Wildman–Crippen LogP) is 6.48. The molecule has 240 valence electrons. The number of fused-ring (bicyclic) bond motifs is 1. The van der Waals surface area contributed by atoms with E-state index in [4.69, 9.17) is 23.9 Å². The van der Waals surface area contributed by atoms with Crippen molar-refractivity contribution in [1.82, 2.24) is 4.57 Å². The first-order valence-electron chi connectivity index (χ1n) is 15.2. The smallest absolute Gasteiger partial charge is 0.338 e. The van der Waals surface area contributed by atoms with Crippen molar-refractivity contribution in [1.29, 1.82) is 0 Å². The van der Waals surface area contributed by atoms with Gasteiger partial charge in [-0.05, 0) is 99.5 Å². The second-order valence-electron chi connectivity index (χ2n) is 11.0. The van der Waals surface area contributed by atoms with Crippen LogP contribution in [0.4, 0.5) is 0 Å². The number of carbonyl (C=O) groups is 1. The summed E-state index contributed by atoms with van der Waals surface area (Å²) in [6, 6.07) is 18.7. The standard InChI is InChI=1S/C36H37IN2O6S/c1-7-42-29-18-25(17-27(37)33(29)44-20-24-13-11-12-22(5)16-24)19-30-34(40)39-32(26-14-9-10-15-28(26)45-21(3)4)31(35(41)43-8-2)23(6)38-36(39)46-30/h9-19,21,32H,7-8,20H2,1-6H3/b30-19+/t32-/m0/s1. The number of aromatic nitrogens is 1. The summed E-state index contributed by atoms with van der Waals surface area (Å²) < 4.78 is 26.7. The fraction of sp³-hybridized carbons (Fsp3) is 0.306. The number of carbonyl (C=O) groups excluding carboxylic acids is 1. The van der Waals surface area contributed by atoms with Crippen LogP contribution in [0.15, 0.2) is 81.7 Å². The van der Waals surface area contributed by atoms with Crippen LogP contribution in [0.1, 0.15) is 62.9 Å². The minimum absolute atomic E-state index is 0.112. The van der Waals surface area contributed by atoms with Crippen LogP contribution in [0, 0.1) is 10.5 Å². The number of esters is 1. The number of nitrogens with zero attached hydrogens (tertiary/aromatic N) is 2. The Balaban J connectivity index is 1.62. The molecule has 3 aromatic carbocycles. The van der Waals surface area contributed by atoms with Crippen molar-refractivity contribution in [2.45, 2.75) is 60.3 Å². The first-order valence-corrected chi connectivity index (χ1v) is 17.1. The SMILES string of the molecule is CCOC(=O)C1=C(C)N=c2s/c(=C/c3cc(I)c(OCc4cccc(C)c4)c(OCC)c3)c(=O)n2[C@H]1c1ccccc1OC(C)C. The highest BCUT2D eigenvalue weighted by atomic mass is 127. The third-order valence-corrected chi connectivity index (χ3v) is 8.97. The largest absolute Gasteiger partial charge is 0.491 e. The summed E-state index contributed by atoms with van der Waals surface area (Å²) in [5.41, 5.74) is 4.24. The lowest BCUT2D eigenvalue weighted by Crippen LogP contribution is -2.40. The Morgan fingerprint density at radius 1 is 1.02 bits per heavy atom. The Bertz CT molecular complexity index is 1980. The lowest BCUT2D eigenvalue weighted by molar-refractivity contribution is -0.139. The van der Waals surface area contributed by atoms with Crippen LogP contribution >= 0.6 is 33.9 Å². The third-order valence-electron chi connectivity index (χ3n) is 7.19. The third kappa shape index (κ3) is 7.23. The summed E-state index contributed by atoms with van der Waals surface area (Å²) in [5, 5.41) is 0. The van der Waals surface area contributed by atoms with Crippen molar-refractivity contribution in [3.8, 4) is 17.2 Å². The van der Waals surface area contributed by atoms with E-state index in [1.807, 2.05) is 75.4 Å². The zero-order chi connectivity index (χ0) is 33.0. The molecule has 0 N–H and O–H groups in total. The molecule has 10 heteroatoms. The zero-order valence-electron chi connectivity index (χ0n) is 26.8. The van der Waals surface area contributed by atoms with Gasteiger partial charge < -0.3 is 18.9 Å². The number of para-hydroxylation sites is 1. The number of rotatable bonds is 11. The zero-order valence-corrected chi connectivity index (χ0v) is 29.7. The molecule has 1 aromatic heterocycles. The summed E-state index contributed by atoms with van der Waals surface area (Å²) in [5.74, 6) is 1.32. The molecule has 0 fully saturated rings. The van der Waals surface area contributed by atoms with Crippen LogP contribution in [0.25, 0.3) is 6.08 Å². The van der Waals surface area contributed by atoms with Gasteiger partial charge in [0.15, 0.2) is 16.3 Å². The number of hydrogen-bond donors (Lipinski definition) is 0. The van der Waals surface area contributed by atoms with Gasteiger partial charge >= 0.3 is 5.97 Å². The van der Waals surface area contributed by atoms with Crippen LogP contribution in [0.3, 0.4) is 0 Å². The average Bonchev–Trinajstić information content (AvgIpc) is 3.30. The van der Waals surface area contributed by atoms with E-state index in [0.29, 0.717) is 56.6 Å². The van der Waals surface area contributed by atoms with Gasteiger partial charge in [0.05, 0.1) is 38.7 Å². The van der Waals surface area contributed by atoms with Crippen LogP contribution in [0.2, 0.25) is 0 Å². The topological polar surface area (TPSA) is 88.4 Å². The quantitative estimate of drug-likeness (QED) is 0.129. The molecule has 46 heavy (non-hydrogen) atoms. The highest BCUT2D eigenvalue weighted by Crippen LogP contribution is 2.37. The molecule has 0 saturated heterocycles. The average molecular weight is 753 g/mol.